The third-order valence-electron chi connectivity index (χ3n) is 15.8. The fraction of sp³-hybridized carbons (Fsp3) is 0.422. The van der Waals surface area contributed by atoms with Gasteiger partial charge in [0.15, 0.2) is 10.8 Å². The van der Waals surface area contributed by atoms with Gasteiger partial charge in [-0.05, 0) is 150 Å². The van der Waals surface area contributed by atoms with Gasteiger partial charge in [-0.25, -0.2) is 19.7 Å². The molecule has 4 N–H and O–H groups in total. The Bertz CT molecular complexity index is 3530. The van der Waals surface area contributed by atoms with Gasteiger partial charge in [0.1, 0.15) is 29.3 Å². The summed E-state index contributed by atoms with van der Waals surface area (Å²) in [5, 5.41) is 20.4. The van der Waals surface area contributed by atoms with E-state index in [4.69, 9.17) is 14.5 Å². The van der Waals surface area contributed by atoms with Crippen LogP contribution < -0.4 is 25.6 Å². The van der Waals surface area contributed by atoms with E-state index in [1.165, 1.54) is 27.6 Å². The molecule has 1 aliphatic carbocycles. The van der Waals surface area contributed by atoms with Crippen LogP contribution in [-0.4, -0.2) is 103 Å². The fourth-order valence-corrected chi connectivity index (χ4v) is 13.1. The van der Waals surface area contributed by atoms with Gasteiger partial charge in [-0.2, -0.15) is 0 Å². The molecule has 1 saturated heterocycles. The summed E-state index contributed by atoms with van der Waals surface area (Å²) < 4.78 is 13.7. The molecule has 0 unspecified atom stereocenters. The number of para-hydroxylation sites is 1. The molecule has 2 fully saturated rings. The summed E-state index contributed by atoms with van der Waals surface area (Å²) in [5.41, 5.74) is 8.57. The minimum atomic E-state index is -0.943. The Balaban J connectivity index is 0.769. The highest BCUT2D eigenvalue weighted by Gasteiger charge is 2.45. The van der Waals surface area contributed by atoms with Crippen LogP contribution >= 0.6 is 22.7 Å². The highest BCUT2D eigenvalue weighted by Crippen LogP contribution is 2.38. The van der Waals surface area contributed by atoms with Crippen molar-refractivity contribution in [2.45, 2.75) is 150 Å². The van der Waals surface area contributed by atoms with Crippen molar-refractivity contribution in [1.29, 1.82) is 0 Å². The molecule has 0 radical (unpaired) electrons. The number of carbonyl (C=O) groups excluding carboxylic acids is 5. The number of hydrogen-bond acceptors (Lipinski definition) is 15. The van der Waals surface area contributed by atoms with Gasteiger partial charge in [-0.1, -0.05) is 74.6 Å². The number of carbonyl (C=O) groups is 5. The first-order valence-corrected chi connectivity index (χ1v) is 30.2. The number of rotatable bonds is 15. The van der Waals surface area contributed by atoms with Crippen LogP contribution in [0.25, 0.3) is 31.8 Å². The zero-order valence-corrected chi connectivity index (χ0v) is 50.2. The monoisotopic (exact) mass is 1160 g/mol. The summed E-state index contributed by atoms with van der Waals surface area (Å²) in [6.07, 6.45) is 4.60. The molecule has 6 heterocycles. The highest BCUT2D eigenvalue weighted by molar-refractivity contribution is 7.22. The standard InChI is InChI=1S/C64H73N9O8S2/c1-36-44(45-25-27-53(69-55(45)61(79)81-64(7,8)9)72-29-28-40-14-12-16-46(47(40)34-72)58(76)71-62-68-49-17-10-11-19-52(49)83-62)15-13-18-51(36)80-43-23-20-39(21-24-43)30-54(75)70-57(63(4,5)6)60(78)73-33-42(74)31-50(73)59(77)67-37(2)48-26-22-41(32-65-48)56-38(3)66-35-82-56/h10-19,22,25-27,32,35,37,39,42-43,50,57,74H,20-21,23-24,28-31,33-34H2,1-9H3,(H,67,77)(H,70,75)(H,68,71,76)/t37-,39?,42+,43?,50-,57+/m0/s1. The fourth-order valence-electron chi connectivity index (χ4n) is 11.4. The number of β-amino-alcohol motifs (C(OH)–C–C–N with tert-alkyl or cyclic N) is 1. The van der Waals surface area contributed by atoms with Crippen molar-refractivity contribution < 1.29 is 38.6 Å². The van der Waals surface area contributed by atoms with Crippen LogP contribution in [0.1, 0.15) is 142 Å². The molecular weight excluding hydrogens is 1090 g/mol. The molecule has 4 aromatic heterocycles. The molecule has 1 saturated carbocycles. The SMILES string of the molecule is Cc1ncsc1-c1ccc([C@H](C)NC(=O)[C@@H]2C[C@@H](O)CN2C(=O)[C@@H](NC(=O)CC2CCC(Oc3cccc(-c4ccc(N5CCc6cccc(C(=O)Nc7nc8ccccc8s7)c6C5)nc4C(=O)OC(C)(C)C)c3C)CC2)C(C)(C)C)nc1. The number of esters is 1. The van der Waals surface area contributed by atoms with Crippen LogP contribution in [0.4, 0.5) is 10.9 Å². The Hall–Kier alpha value is -7.61. The summed E-state index contributed by atoms with van der Waals surface area (Å²) in [6.45, 7) is 17.9. The number of likely N-dealkylation sites (tertiary alicyclic amines) is 1. The van der Waals surface area contributed by atoms with Crippen LogP contribution in [0, 0.1) is 25.2 Å². The summed E-state index contributed by atoms with van der Waals surface area (Å²) in [6, 6.07) is 24.7. The molecule has 19 heteroatoms. The predicted octanol–water partition coefficient (Wildman–Crippen LogP) is 11.0. The van der Waals surface area contributed by atoms with Crippen molar-refractivity contribution in [2.24, 2.45) is 11.3 Å². The normalized spacial score (nSPS) is 18.9. The Morgan fingerprint density at radius 1 is 0.843 bits per heavy atom. The predicted molar refractivity (Wildman–Crippen MR) is 323 cm³/mol. The lowest BCUT2D eigenvalue weighted by molar-refractivity contribution is -0.144. The topological polar surface area (TPSA) is 218 Å². The van der Waals surface area contributed by atoms with E-state index < -0.39 is 53.0 Å². The highest BCUT2D eigenvalue weighted by atomic mass is 32.1. The zero-order valence-electron chi connectivity index (χ0n) is 48.6. The Morgan fingerprint density at radius 2 is 1.61 bits per heavy atom. The first kappa shape index (κ1) is 58.6. The van der Waals surface area contributed by atoms with Crippen LogP contribution in [0.3, 0.4) is 0 Å². The van der Waals surface area contributed by atoms with E-state index in [0.29, 0.717) is 65.9 Å². The number of aryl methyl sites for hydroxylation is 1. The quantitative estimate of drug-likeness (QED) is 0.0703. The second-order valence-electron chi connectivity index (χ2n) is 24.2. The number of aliphatic hydroxyl groups is 1. The molecule has 10 rings (SSSR count). The number of amides is 4. The van der Waals surface area contributed by atoms with Gasteiger partial charge in [-0.15, -0.1) is 11.3 Å². The number of aliphatic hydroxyl groups excluding tert-OH is 1. The number of thiazole rings is 2. The van der Waals surface area contributed by atoms with Gasteiger partial charge in [0.2, 0.25) is 17.7 Å². The lowest BCUT2D eigenvalue weighted by Crippen LogP contribution is -2.58. The van der Waals surface area contributed by atoms with Gasteiger partial charge in [0.25, 0.3) is 5.91 Å². The van der Waals surface area contributed by atoms with Crippen molar-refractivity contribution in [3.05, 3.63) is 136 Å². The average molecular weight is 1160 g/mol. The summed E-state index contributed by atoms with van der Waals surface area (Å²) in [7, 11) is 0. The zero-order chi connectivity index (χ0) is 58.9. The molecule has 3 aromatic carbocycles. The third-order valence-corrected chi connectivity index (χ3v) is 17.8. The van der Waals surface area contributed by atoms with Crippen molar-refractivity contribution in [2.75, 3.05) is 23.3 Å². The lowest BCUT2D eigenvalue weighted by atomic mass is 9.83. The molecule has 17 nitrogen and oxygen atoms in total. The maximum absolute atomic E-state index is 14.4. The Kier molecular flexibility index (Phi) is 17.2. The molecule has 83 heavy (non-hydrogen) atoms. The van der Waals surface area contributed by atoms with Crippen molar-refractivity contribution in [3.8, 4) is 27.3 Å². The molecule has 0 bridgehead atoms. The number of pyridine rings is 2. The number of aromatic nitrogens is 4. The van der Waals surface area contributed by atoms with Crippen LogP contribution in [0.2, 0.25) is 0 Å². The molecule has 0 spiro atoms. The van der Waals surface area contributed by atoms with E-state index in [1.54, 1.807) is 11.7 Å². The molecule has 3 aliphatic rings. The van der Waals surface area contributed by atoms with Crippen LogP contribution in [0.15, 0.2) is 96.6 Å². The number of benzene rings is 3. The summed E-state index contributed by atoms with van der Waals surface area (Å²) >= 11 is 2.97. The van der Waals surface area contributed by atoms with Crippen molar-refractivity contribution in [1.82, 2.24) is 35.5 Å². The molecule has 7 aromatic rings. The third kappa shape index (κ3) is 13.4. The minimum Gasteiger partial charge on any atom is -0.490 e. The molecule has 4 atom stereocenters. The smallest absolute Gasteiger partial charge is 0.358 e. The van der Waals surface area contributed by atoms with Crippen molar-refractivity contribution >= 4 is 73.4 Å². The van der Waals surface area contributed by atoms with Gasteiger partial charge in [0, 0.05) is 55.4 Å². The lowest BCUT2D eigenvalue weighted by Gasteiger charge is -2.36. The summed E-state index contributed by atoms with van der Waals surface area (Å²) in [5.74, 6) is -0.526. The number of nitrogens with one attached hydrogen (secondary N) is 3. The van der Waals surface area contributed by atoms with E-state index in [1.807, 2.05) is 141 Å². The Morgan fingerprint density at radius 3 is 2.33 bits per heavy atom. The number of fused-ring (bicyclic) bond motifs is 2. The molecular formula is C64H73N9O8S2. The first-order valence-electron chi connectivity index (χ1n) is 28.5. The summed E-state index contributed by atoms with van der Waals surface area (Å²) in [4.78, 5) is 93.3. The van der Waals surface area contributed by atoms with E-state index in [9.17, 15) is 29.1 Å². The molecule has 2 aliphatic heterocycles. The number of nitrogens with zero attached hydrogens (tertiary/aromatic N) is 6. The molecule has 434 valence electrons. The van der Waals surface area contributed by atoms with Gasteiger partial charge < -0.3 is 35.0 Å². The van der Waals surface area contributed by atoms with Crippen LogP contribution in [-0.2, 0) is 32.1 Å². The second-order valence-corrected chi connectivity index (χ2v) is 26.1. The van der Waals surface area contributed by atoms with E-state index in [-0.39, 0.29) is 48.9 Å². The van der Waals surface area contributed by atoms with E-state index in [0.717, 1.165) is 61.4 Å². The number of ether oxygens (including phenoxy) is 2. The minimum absolute atomic E-state index is 0.0255. The van der Waals surface area contributed by atoms with Gasteiger partial charge in [0.05, 0.1) is 50.2 Å². The first-order chi connectivity index (χ1) is 39.6. The number of hydrogen-bond donors (Lipinski definition) is 4. The van der Waals surface area contributed by atoms with E-state index in [2.05, 4.69) is 41.9 Å². The van der Waals surface area contributed by atoms with Gasteiger partial charge >= 0.3 is 5.97 Å². The number of anilines is 2. The van der Waals surface area contributed by atoms with Gasteiger partial charge in [-0.3, -0.25) is 29.5 Å². The van der Waals surface area contributed by atoms with Crippen molar-refractivity contribution in [3.63, 3.8) is 0 Å². The van der Waals surface area contributed by atoms with E-state index >= 15 is 0 Å². The second kappa shape index (κ2) is 24.3. The maximum Gasteiger partial charge on any atom is 0.358 e. The molecule has 4 amide bonds. The average Bonchev–Trinajstić information content (AvgIpc) is 4.37. The largest absolute Gasteiger partial charge is 0.490 e. The van der Waals surface area contributed by atoms with Crippen LogP contribution in [0.5, 0.6) is 5.75 Å². The maximum atomic E-state index is 14.4. The Labute approximate surface area is 492 Å².